The van der Waals surface area contributed by atoms with Gasteiger partial charge in [0, 0.05) is 29.9 Å². The largest absolute Gasteiger partial charge is 0.360 e. The summed E-state index contributed by atoms with van der Waals surface area (Å²) in [7, 11) is 0. The molecule has 2 atom stereocenters. The molecule has 1 aromatic carbocycles. The highest BCUT2D eigenvalue weighted by atomic mass is 32.1. The third-order valence-corrected chi connectivity index (χ3v) is 7.22. The number of benzene rings is 1. The van der Waals surface area contributed by atoms with E-state index < -0.39 is 0 Å². The number of fused-ring (bicyclic) bond motifs is 2. The summed E-state index contributed by atoms with van der Waals surface area (Å²) in [4.78, 5) is 2.95. The molecular weight excluding hydrogens is 350 g/mol. The van der Waals surface area contributed by atoms with Gasteiger partial charge in [0.2, 0.25) is 0 Å². The predicted octanol–water partition coefficient (Wildman–Crippen LogP) is 5.31. The maximum atomic E-state index is 5.67. The van der Waals surface area contributed by atoms with Crippen LogP contribution in [0.1, 0.15) is 75.3 Å². The lowest BCUT2D eigenvalue weighted by Crippen LogP contribution is -2.60. The van der Waals surface area contributed by atoms with E-state index in [-0.39, 0.29) is 0 Å². The molecule has 4 rings (SSSR count). The van der Waals surface area contributed by atoms with Gasteiger partial charge in [0.15, 0.2) is 5.11 Å². The number of piperidine rings is 2. The molecule has 3 nitrogen and oxygen atoms in total. The van der Waals surface area contributed by atoms with Crippen molar-refractivity contribution in [3.05, 3.63) is 29.3 Å². The van der Waals surface area contributed by atoms with Crippen LogP contribution in [0.5, 0.6) is 0 Å². The van der Waals surface area contributed by atoms with Crippen molar-refractivity contribution in [3.63, 3.8) is 0 Å². The van der Waals surface area contributed by atoms with Crippen LogP contribution in [0.15, 0.2) is 18.2 Å². The number of thiocarbonyl (C=S) groups is 1. The zero-order valence-corrected chi connectivity index (χ0v) is 17.8. The number of hydrogen-bond donors (Lipinski definition) is 2. The Kier molecular flexibility index (Phi) is 6.03. The van der Waals surface area contributed by atoms with E-state index in [0.717, 1.165) is 28.9 Å². The van der Waals surface area contributed by atoms with Crippen molar-refractivity contribution in [2.75, 3.05) is 5.32 Å². The van der Waals surface area contributed by atoms with Gasteiger partial charge in [-0.1, -0.05) is 37.8 Å². The Labute approximate surface area is 170 Å². The Balaban J connectivity index is 1.37. The number of nitrogens with zero attached hydrogens (tertiary/aromatic N) is 1. The predicted molar refractivity (Wildman–Crippen MR) is 118 cm³/mol. The molecule has 4 heteroatoms. The van der Waals surface area contributed by atoms with Gasteiger partial charge in [0.05, 0.1) is 0 Å². The average Bonchev–Trinajstić information content (AvgIpc) is 2.64. The van der Waals surface area contributed by atoms with Gasteiger partial charge in [-0.2, -0.15) is 0 Å². The molecule has 0 spiro atoms. The van der Waals surface area contributed by atoms with E-state index in [1.165, 1.54) is 75.3 Å². The van der Waals surface area contributed by atoms with Gasteiger partial charge >= 0.3 is 0 Å². The van der Waals surface area contributed by atoms with Crippen molar-refractivity contribution in [1.82, 2.24) is 10.2 Å². The lowest BCUT2D eigenvalue weighted by Gasteiger charge is -2.53. The molecule has 27 heavy (non-hydrogen) atoms. The quantitative estimate of drug-likeness (QED) is 0.690. The zero-order valence-electron chi connectivity index (χ0n) is 17.0. The lowest BCUT2D eigenvalue weighted by molar-refractivity contribution is -0.0195. The maximum absolute atomic E-state index is 5.67. The standard InChI is InChI=1S/C23H35N3S/c1-16-11-12-17(2)22(13-16)25-23(27)24-18-14-20-9-6-10-21(15-18)26(20)19-7-4-3-5-8-19/h11-13,18-21H,3-10,14-15H2,1-2H3,(H2,24,25,27)/t20-,21-/m0/s1. The van der Waals surface area contributed by atoms with Crippen LogP contribution in [-0.2, 0) is 0 Å². The highest BCUT2D eigenvalue weighted by Crippen LogP contribution is 2.39. The van der Waals surface area contributed by atoms with Crippen molar-refractivity contribution in [2.45, 2.75) is 102 Å². The van der Waals surface area contributed by atoms with Gasteiger partial charge in [0.25, 0.3) is 0 Å². The van der Waals surface area contributed by atoms with Crippen LogP contribution in [0.25, 0.3) is 0 Å². The minimum Gasteiger partial charge on any atom is -0.360 e. The summed E-state index contributed by atoms with van der Waals surface area (Å²) in [5.74, 6) is 0. The van der Waals surface area contributed by atoms with E-state index in [9.17, 15) is 0 Å². The minimum atomic E-state index is 0.519. The zero-order chi connectivity index (χ0) is 18.8. The normalized spacial score (nSPS) is 29.3. The molecule has 2 aliphatic heterocycles. The Morgan fingerprint density at radius 2 is 1.59 bits per heavy atom. The number of anilines is 1. The molecule has 0 amide bonds. The summed E-state index contributed by atoms with van der Waals surface area (Å²) >= 11 is 5.67. The Hall–Kier alpha value is -1.13. The van der Waals surface area contributed by atoms with Crippen molar-refractivity contribution < 1.29 is 0 Å². The van der Waals surface area contributed by atoms with E-state index in [0.29, 0.717) is 6.04 Å². The second-order valence-corrected chi connectivity index (χ2v) is 9.47. The second kappa shape index (κ2) is 8.48. The fourth-order valence-electron chi connectivity index (χ4n) is 5.73. The molecule has 3 fully saturated rings. The number of hydrogen-bond acceptors (Lipinski definition) is 2. The van der Waals surface area contributed by atoms with Gasteiger partial charge in [-0.3, -0.25) is 4.90 Å². The average molecular weight is 386 g/mol. The van der Waals surface area contributed by atoms with E-state index in [1.807, 2.05) is 0 Å². The first-order valence-electron chi connectivity index (χ1n) is 11.0. The SMILES string of the molecule is Cc1ccc(C)c(NC(=S)NC2C[C@@H]3CCC[C@@H](C2)N3C2CCCCC2)c1. The smallest absolute Gasteiger partial charge is 0.171 e. The van der Waals surface area contributed by atoms with Gasteiger partial charge in [-0.15, -0.1) is 0 Å². The molecule has 2 N–H and O–H groups in total. The van der Waals surface area contributed by atoms with Crippen LogP contribution in [0, 0.1) is 13.8 Å². The molecule has 2 saturated heterocycles. The van der Waals surface area contributed by atoms with E-state index in [2.05, 4.69) is 47.6 Å². The third-order valence-electron chi connectivity index (χ3n) is 7.00. The van der Waals surface area contributed by atoms with E-state index in [1.54, 1.807) is 0 Å². The molecule has 1 aliphatic carbocycles. The number of rotatable bonds is 3. The van der Waals surface area contributed by atoms with Crippen LogP contribution < -0.4 is 10.6 Å². The van der Waals surface area contributed by atoms with Gasteiger partial charge < -0.3 is 10.6 Å². The van der Waals surface area contributed by atoms with Crippen molar-refractivity contribution >= 4 is 23.0 Å². The van der Waals surface area contributed by atoms with Crippen LogP contribution in [-0.4, -0.2) is 34.2 Å². The molecule has 2 heterocycles. The summed E-state index contributed by atoms with van der Waals surface area (Å²) in [5, 5.41) is 7.89. The summed E-state index contributed by atoms with van der Waals surface area (Å²) in [6, 6.07) is 9.40. The third kappa shape index (κ3) is 4.48. The first kappa shape index (κ1) is 19.2. The Morgan fingerprint density at radius 3 is 2.30 bits per heavy atom. The first-order chi connectivity index (χ1) is 13.1. The molecule has 3 aliphatic rings. The van der Waals surface area contributed by atoms with Gasteiger partial charge in [-0.25, -0.2) is 0 Å². The highest BCUT2D eigenvalue weighted by Gasteiger charge is 2.41. The molecular formula is C23H35N3S. The van der Waals surface area contributed by atoms with Crippen LogP contribution in [0.3, 0.4) is 0 Å². The van der Waals surface area contributed by atoms with E-state index >= 15 is 0 Å². The highest BCUT2D eigenvalue weighted by molar-refractivity contribution is 7.80. The van der Waals surface area contributed by atoms with Crippen molar-refractivity contribution in [3.8, 4) is 0 Å². The van der Waals surface area contributed by atoms with Crippen molar-refractivity contribution in [1.29, 1.82) is 0 Å². The first-order valence-corrected chi connectivity index (χ1v) is 11.4. The summed E-state index contributed by atoms with van der Waals surface area (Å²) in [5.41, 5.74) is 3.64. The van der Waals surface area contributed by atoms with Crippen LogP contribution >= 0.6 is 12.2 Å². The fourth-order valence-corrected chi connectivity index (χ4v) is 6.00. The maximum Gasteiger partial charge on any atom is 0.171 e. The Morgan fingerprint density at radius 1 is 0.926 bits per heavy atom. The summed E-state index contributed by atoms with van der Waals surface area (Å²) < 4.78 is 0. The molecule has 1 aromatic rings. The number of nitrogens with one attached hydrogen (secondary N) is 2. The second-order valence-electron chi connectivity index (χ2n) is 9.06. The molecule has 0 unspecified atom stereocenters. The van der Waals surface area contributed by atoms with Gasteiger partial charge in [-0.05, 0) is 81.8 Å². The van der Waals surface area contributed by atoms with E-state index in [4.69, 9.17) is 12.2 Å². The molecule has 1 saturated carbocycles. The summed E-state index contributed by atoms with van der Waals surface area (Å²) in [6.45, 7) is 4.26. The summed E-state index contributed by atoms with van der Waals surface area (Å²) in [6.07, 6.45) is 13.8. The van der Waals surface area contributed by atoms with Crippen LogP contribution in [0.2, 0.25) is 0 Å². The van der Waals surface area contributed by atoms with Crippen molar-refractivity contribution in [2.24, 2.45) is 0 Å². The fraction of sp³-hybridized carbons (Fsp3) is 0.696. The van der Waals surface area contributed by atoms with Crippen LogP contribution in [0.4, 0.5) is 5.69 Å². The molecule has 2 bridgehead atoms. The molecule has 148 valence electrons. The molecule has 0 aromatic heterocycles. The van der Waals surface area contributed by atoms with Gasteiger partial charge in [0.1, 0.15) is 0 Å². The lowest BCUT2D eigenvalue weighted by atomic mass is 9.78. The minimum absolute atomic E-state index is 0.519. The molecule has 0 radical (unpaired) electrons. The monoisotopic (exact) mass is 385 g/mol. The Bertz CT molecular complexity index is 654. The number of aryl methyl sites for hydroxylation is 2. The topological polar surface area (TPSA) is 27.3 Å².